The van der Waals surface area contributed by atoms with Crippen LogP contribution in [0.25, 0.3) is 0 Å². The van der Waals surface area contributed by atoms with Crippen LogP contribution >= 0.6 is 0 Å². The first-order chi connectivity index (χ1) is 4.61. The molecule has 0 aromatic heterocycles. The van der Waals surface area contributed by atoms with Crippen LogP contribution < -0.4 is 0 Å². The third-order valence-corrected chi connectivity index (χ3v) is 0.856. The average Bonchev–Trinajstić information content (AvgIpc) is 1.84. The fourth-order valence-electron chi connectivity index (χ4n) is 0.423. The molecule has 0 aliphatic carbocycles. The van der Waals surface area contributed by atoms with Crippen molar-refractivity contribution in [2.24, 2.45) is 4.99 Å². The predicted molar refractivity (Wildman–Crippen MR) is 29.4 cm³/mol. The summed E-state index contributed by atoms with van der Waals surface area (Å²) in [5, 5.41) is 34.1. The van der Waals surface area contributed by atoms with E-state index in [2.05, 4.69) is 9.73 Å². The highest BCUT2D eigenvalue weighted by atomic mass is 16.7. The summed E-state index contributed by atoms with van der Waals surface area (Å²) in [6, 6.07) is 0. The van der Waals surface area contributed by atoms with E-state index in [9.17, 15) is 0 Å². The minimum Gasteiger partial charge on any atom is -0.492 e. The van der Waals surface area contributed by atoms with Crippen molar-refractivity contribution in [3.8, 4) is 0 Å². The Morgan fingerprint density at radius 1 is 1.30 bits per heavy atom. The molecule has 1 atom stereocenters. The molecule has 4 N–H and O–H groups in total. The SMILES string of the molecule is OC1=NC(O)=C(O)OC1O. The lowest BCUT2D eigenvalue weighted by Gasteiger charge is -2.14. The van der Waals surface area contributed by atoms with Crippen LogP contribution in [0, 0.1) is 0 Å². The van der Waals surface area contributed by atoms with Crippen molar-refractivity contribution >= 4 is 5.90 Å². The van der Waals surface area contributed by atoms with Gasteiger partial charge in [-0.1, -0.05) is 0 Å². The number of hydrogen-bond donors (Lipinski definition) is 4. The average molecular weight is 147 g/mol. The standard InChI is InChI=1S/C4H5NO5/c6-1-3(8)10-4(9)2(7)5-1/h3,7-9H,(H,5,6). The van der Waals surface area contributed by atoms with Crippen molar-refractivity contribution in [1.29, 1.82) is 0 Å². The van der Waals surface area contributed by atoms with E-state index >= 15 is 0 Å². The highest BCUT2D eigenvalue weighted by Gasteiger charge is 2.23. The number of aliphatic hydroxyl groups is 4. The fraction of sp³-hybridized carbons (Fsp3) is 0.250. The Balaban J connectivity index is 2.88. The topological polar surface area (TPSA) is 103 Å². The van der Waals surface area contributed by atoms with E-state index in [1.807, 2.05) is 0 Å². The number of nitrogens with zero attached hydrogens (tertiary/aromatic N) is 1. The van der Waals surface area contributed by atoms with Gasteiger partial charge in [-0.25, -0.2) is 0 Å². The summed E-state index contributed by atoms with van der Waals surface area (Å²) in [4.78, 5) is 2.93. The third-order valence-electron chi connectivity index (χ3n) is 0.856. The van der Waals surface area contributed by atoms with Crippen LogP contribution in [0.2, 0.25) is 0 Å². The van der Waals surface area contributed by atoms with Crippen molar-refractivity contribution < 1.29 is 25.2 Å². The maximum atomic E-state index is 8.56. The molecule has 0 saturated carbocycles. The quantitative estimate of drug-likeness (QED) is 0.371. The predicted octanol–water partition coefficient (Wildman–Crippen LogP) is -0.466. The molecule has 0 spiro atoms. The van der Waals surface area contributed by atoms with Crippen LogP contribution in [0.1, 0.15) is 0 Å². The smallest absolute Gasteiger partial charge is 0.345 e. The van der Waals surface area contributed by atoms with Gasteiger partial charge in [-0.05, 0) is 0 Å². The molecule has 0 aromatic rings. The van der Waals surface area contributed by atoms with E-state index in [0.29, 0.717) is 0 Å². The number of rotatable bonds is 0. The normalized spacial score (nSPS) is 25.7. The second-order valence-corrected chi connectivity index (χ2v) is 1.57. The molecule has 0 aromatic carbocycles. The Kier molecular flexibility index (Phi) is 1.38. The van der Waals surface area contributed by atoms with Gasteiger partial charge in [-0.15, -0.1) is 0 Å². The molecule has 0 saturated heterocycles. The molecule has 1 aliphatic rings. The van der Waals surface area contributed by atoms with E-state index in [1.165, 1.54) is 0 Å². The highest BCUT2D eigenvalue weighted by molar-refractivity contribution is 5.78. The zero-order valence-electron chi connectivity index (χ0n) is 4.72. The number of aliphatic hydroxyl groups excluding tert-OH is 4. The van der Waals surface area contributed by atoms with Crippen molar-refractivity contribution in [3.05, 3.63) is 11.8 Å². The van der Waals surface area contributed by atoms with Gasteiger partial charge in [0.1, 0.15) is 0 Å². The first-order valence-electron chi connectivity index (χ1n) is 2.35. The molecule has 0 bridgehead atoms. The van der Waals surface area contributed by atoms with Gasteiger partial charge >= 0.3 is 5.95 Å². The molecule has 1 unspecified atom stereocenters. The van der Waals surface area contributed by atoms with Crippen LogP contribution in [0.15, 0.2) is 16.8 Å². The van der Waals surface area contributed by atoms with E-state index in [4.69, 9.17) is 20.4 Å². The van der Waals surface area contributed by atoms with Crippen molar-refractivity contribution in [2.45, 2.75) is 6.29 Å². The van der Waals surface area contributed by atoms with E-state index < -0.39 is 24.0 Å². The molecule has 0 amide bonds. The molecule has 1 heterocycles. The van der Waals surface area contributed by atoms with E-state index in [1.54, 1.807) is 0 Å². The summed E-state index contributed by atoms with van der Waals surface area (Å²) in [7, 11) is 0. The van der Waals surface area contributed by atoms with Gasteiger partial charge < -0.3 is 25.2 Å². The van der Waals surface area contributed by atoms with Crippen molar-refractivity contribution in [2.75, 3.05) is 0 Å². The fourth-order valence-corrected chi connectivity index (χ4v) is 0.423. The monoisotopic (exact) mass is 147 g/mol. The summed E-state index contributed by atoms with van der Waals surface area (Å²) >= 11 is 0. The first-order valence-corrected chi connectivity index (χ1v) is 2.35. The Morgan fingerprint density at radius 3 is 2.40 bits per heavy atom. The molecule has 0 radical (unpaired) electrons. The van der Waals surface area contributed by atoms with E-state index in [0.717, 1.165) is 0 Å². The Hall–Kier alpha value is -1.43. The molecule has 10 heavy (non-hydrogen) atoms. The molecule has 0 fully saturated rings. The first kappa shape index (κ1) is 6.69. The molecule has 1 aliphatic heterocycles. The summed E-state index contributed by atoms with van der Waals surface area (Å²) in [6.45, 7) is 0. The lowest BCUT2D eigenvalue weighted by molar-refractivity contribution is -0.0762. The molecular weight excluding hydrogens is 142 g/mol. The van der Waals surface area contributed by atoms with Crippen LogP contribution in [-0.2, 0) is 4.74 Å². The number of aliphatic imine (C=N–C) groups is 1. The second-order valence-electron chi connectivity index (χ2n) is 1.57. The lowest BCUT2D eigenvalue weighted by Crippen LogP contribution is -2.27. The Morgan fingerprint density at radius 2 is 1.90 bits per heavy atom. The summed E-state index contributed by atoms with van der Waals surface area (Å²) in [5.74, 6) is -2.57. The van der Waals surface area contributed by atoms with Gasteiger partial charge in [0, 0.05) is 0 Å². The van der Waals surface area contributed by atoms with Crippen molar-refractivity contribution in [1.82, 2.24) is 0 Å². The zero-order chi connectivity index (χ0) is 7.72. The van der Waals surface area contributed by atoms with Crippen LogP contribution in [-0.4, -0.2) is 32.6 Å². The molecule has 6 heteroatoms. The van der Waals surface area contributed by atoms with E-state index in [-0.39, 0.29) is 0 Å². The van der Waals surface area contributed by atoms with Crippen LogP contribution in [0.4, 0.5) is 0 Å². The Labute approximate surface area is 55.3 Å². The van der Waals surface area contributed by atoms with Crippen LogP contribution in [0.3, 0.4) is 0 Å². The maximum Gasteiger partial charge on any atom is 0.345 e. The Bertz CT molecular complexity index is 208. The van der Waals surface area contributed by atoms with Gasteiger partial charge in [0.2, 0.25) is 0 Å². The van der Waals surface area contributed by atoms with Gasteiger partial charge in [0.05, 0.1) is 0 Å². The molecular formula is C4H5NO5. The van der Waals surface area contributed by atoms with Gasteiger partial charge in [-0.2, -0.15) is 4.99 Å². The minimum absolute atomic E-state index is 0.796. The van der Waals surface area contributed by atoms with Crippen LogP contribution in [0.5, 0.6) is 0 Å². The summed E-state index contributed by atoms with van der Waals surface area (Å²) < 4.78 is 4.07. The largest absolute Gasteiger partial charge is 0.492 e. The molecule has 56 valence electrons. The van der Waals surface area contributed by atoms with Gasteiger partial charge in [-0.3, -0.25) is 0 Å². The number of hydrogen-bond acceptors (Lipinski definition) is 5. The van der Waals surface area contributed by atoms with Crippen molar-refractivity contribution in [3.63, 3.8) is 0 Å². The van der Waals surface area contributed by atoms with Gasteiger partial charge in [0.25, 0.3) is 18.1 Å². The molecule has 6 nitrogen and oxygen atoms in total. The lowest BCUT2D eigenvalue weighted by atomic mass is 10.6. The minimum atomic E-state index is -1.70. The zero-order valence-corrected chi connectivity index (χ0v) is 4.72. The second kappa shape index (κ2) is 2.07. The summed E-state index contributed by atoms with van der Waals surface area (Å²) in [5.41, 5.74) is 0. The maximum absolute atomic E-state index is 8.56. The number of ether oxygens (including phenoxy) is 1. The molecule has 1 rings (SSSR count). The third kappa shape index (κ3) is 0.960. The highest BCUT2D eigenvalue weighted by Crippen LogP contribution is 2.10. The van der Waals surface area contributed by atoms with Gasteiger partial charge in [0.15, 0.2) is 0 Å². The summed E-state index contributed by atoms with van der Waals surface area (Å²) in [6.07, 6.45) is -1.70.